The average Bonchev–Trinajstić information content (AvgIpc) is 3.37. The lowest BCUT2D eigenvalue weighted by Gasteiger charge is -2.57. The topological polar surface area (TPSA) is 139 Å². The maximum absolute atomic E-state index is 14.6. The van der Waals surface area contributed by atoms with Crippen molar-refractivity contribution in [1.29, 1.82) is 0 Å². The first-order valence-corrected chi connectivity index (χ1v) is 19.7. The van der Waals surface area contributed by atoms with Gasteiger partial charge in [0.25, 0.3) is 0 Å². The van der Waals surface area contributed by atoms with Gasteiger partial charge in [-0.1, -0.05) is 32.4 Å². The summed E-state index contributed by atoms with van der Waals surface area (Å²) < 4.78 is 79.2. The number of halogens is 3. The lowest BCUT2D eigenvalue weighted by atomic mass is 9.52. The quantitative estimate of drug-likeness (QED) is 0.149. The van der Waals surface area contributed by atoms with E-state index in [1.807, 2.05) is 0 Å². The summed E-state index contributed by atoms with van der Waals surface area (Å²) in [4.78, 5) is 31.9. The number of allylic oxidation sites excluding steroid dienone is 2. The number of benzene rings is 1. The van der Waals surface area contributed by atoms with Gasteiger partial charge in [0.2, 0.25) is 24.1 Å². The molecule has 2 saturated carbocycles. The Labute approximate surface area is 319 Å². The van der Waals surface area contributed by atoms with Crippen LogP contribution in [0.15, 0.2) is 46.9 Å². The number of aliphatic hydroxyl groups is 1. The van der Waals surface area contributed by atoms with Crippen LogP contribution in [0.1, 0.15) is 120 Å². The molecule has 11 nitrogen and oxygen atoms in total. The third kappa shape index (κ3) is 7.30. The Morgan fingerprint density at radius 2 is 1.58 bits per heavy atom. The Kier molecular flexibility index (Phi) is 10.9. The van der Waals surface area contributed by atoms with Gasteiger partial charge in [0, 0.05) is 35.3 Å². The molecular weight excluding hydrogens is 725 g/mol. The number of hydrogen-bond acceptors (Lipinski definition) is 11. The van der Waals surface area contributed by atoms with Gasteiger partial charge in [-0.25, -0.2) is 19.7 Å². The van der Waals surface area contributed by atoms with E-state index >= 15 is 0 Å². The number of hydrogen-bond donors (Lipinski definition) is 2. The maximum atomic E-state index is 14.6. The highest BCUT2D eigenvalue weighted by molar-refractivity contribution is 6.03. The third-order valence-corrected chi connectivity index (χ3v) is 13.7. The highest BCUT2D eigenvalue weighted by atomic mass is 19.4. The molecule has 2 N–H and O–H groups in total. The highest BCUT2D eigenvalue weighted by Gasteiger charge is 2.62. The van der Waals surface area contributed by atoms with Gasteiger partial charge in [-0.15, -0.1) is 0 Å². The van der Waals surface area contributed by atoms with E-state index in [2.05, 4.69) is 18.7 Å². The van der Waals surface area contributed by atoms with E-state index in [1.54, 1.807) is 19.9 Å². The van der Waals surface area contributed by atoms with Crippen molar-refractivity contribution in [2.24, 2.45) is 40.9 Å². The first-order chi connectivity index (χ1) is 26.0. The molecule has 6 aliphatic rings. The van der Waals surface area contributed by atoms with E-state index in [0.29, 0.717) is 37.4 Å². The fourth-order valence-corrected chi connectivity index (χ4v) is 10.9. The Morgan fingerprint density at radius 1 is 0.909 bits per heavy atom. The zero-order valence-electron chi connectivity index (χ0n) is 32.1. The van der Waals surface area contributed by atoms with Crippen molar-refractivity contribution < 1.29 is 66.4 Å². The first-order valence-electron chi connectivity index (χ1n) is 19.7. The molecule has 0 radical (unpaired) electrons. The standard InChI is InChI=1S/C41H53F3O11/c1-6-40-30-17-18-38(4,47)54-37(40)51-23(3)28(31(40)15-14-22(30)2)20-49-34(45)26-11-7-8-12-27(26)35(46)50-21-29-25-13-9-10-24-16-19-39(5,55-48)53-36(32(24)25)52-33(29)41(42,43)44/h7-8,11-12,22,24-25,30-32,36-37,47-48H,6,9-10,13-21H2,1-5H3/t22-,24?,25+,30?,31+,32?,36-,37-,38+,39-,40+/m1/s1. The largest absolute Gasteiger partial charge is 0.469 e. The summed E-state index contributed by atoms with van der Waals surface area (Å²) in [6.07, 6.45) is -0.541. The van der Waals surface area contributed by atoms with Gasteiger partial charge < -0.3 is 33.5 Å². The van der Waals surface area contributed by atoms with Crippen LogP contribution in [0.4, 0.5) is 13.2 Å². The van der Waals surface area contributed by atoms with Crippen LogP contribution in [0.5, 0.6) is 0 Å². The Hall–Kier alpha value is -3.17. The predicted octanol–water partition coefficient (Wildman–Crippen LogP) is 8.43. The monoisotopic (exact) mass is 778 g/mol. The third-order valence-electron chi connectivity index (χ3n) is 13.7. The fraction of sp³-hybridized carbons (Fsp3) is 0.707. The molecule has 1 aromatic carbocycles. The van der Waals surface area contributed by atoms with Gasteiger partial charge in [-0.3, -0.25) is 0 Å². The molecule has 4 aliphatic heterocycles. The van der Waals surface area contributed by atoms with Crippen LogP contribution in [0.25, 0.3) is 0 Å². The molecule has 11 atom stereocenters. The highest BCUT2D eigenvalue weighted by Crippen LogP contribution is 2.62. The smallest absolute Gasteiger partial charge is 0.449 e. The second kappa shape index (κ2) is 15.0. The van der Waals surface area contributed by atoms with Crippen LogP contribution in [-0.2, 0) is 33.3 Å². The van der Waals surface area contributed by atoms with E-state index < -0.39 is 71.9 Å². The summed E-state index contributed by atoms with van der Waals surface area (Å²) in [5.74, 6) is -6.00. The average molecular weight is 779 g/mol. The van der Waals surface area contributed by atoms with Crippen molar-refractivity contribution in [2.45, 2.75) is 129 Å². The minimum absolute atomic E-state index is 0.0315. The number of esters is 2. The van der Waals surface area contributed by atoms with E-state index in [-0.39, 0.29) is 47.5 Å². The number of ether oxygens (including phenoxy) is 6. The SMILES string of the molecule is CC[C@@]12C3CC[C@@](C)(O)O[C@H]1OC(C)=C(COC(=O)c1ccccc1C(=O)OCC1=C(C(F)(F)F)O[C@@H]4O[C@](C)(OO)CCC5CCC[C@@H]1C54)[C@@H]2CC[C@H]3C. The normalized spacial score (nSPS) is 38.7. The lowest BCUT2D eigenvalue weighted by molar-refractivity contribution is -0.427. The van der Waals surface area contributed by atoms with Crippen LogP contribution in [-0.4, -0.2) is 65.8 Å². The van der Waals surface area contributed by atoms with Crippen LogP contribution in [0.3, 0.4) is 0 Å². The molecule has 0 aromatic heterocycles. The van der Waals surface area contributed by atoms with Gasteiger partial charge in [0.05, 0.1) is 16.9 Å². The Bertz CT molecular complexity index is 1710. The van der Waals surface area contributed by atoms with Crippen LogP contribution < -0.4 is 0 Å². The van der Waals surface area contributed by atoms with Crippen molar-refractivity contribution in [2.75, 3.05) is 13.2 Å². The van der Waals surface area contributed by atoms with Crippen molar-refractivity contribution in [3.8, 4) is 0 Å². The molecule has 55 heavy (non-hydrogen) atoms. The molecule has 2 aliphatic carbocycles. The maximum Gasteiger partial charge on any atom is 0.449 e. The molecule has 2 saturated heterocycles. The Morgan fingerprint density at radius 3 is 2.22 bits per heavy atom. The van der Waals surface area contributed by atoms with Crippen molar-refractivity contribution in [3.63, 3.8) is 0 Å². The Balaban J connectivity index is 1.10. The van der Waals surface area contributed by atoms with Gasteiger partial charge in [0.1, 0.15) is 13.2 Å². The molecule has 0 bridgehead atoms. The molecule has 1 aromatic rings. The van der Waals surface area contributed by atoms with E-state index in [4.69, 9.17) is 28.4 Å². The molecule has 14 heteroatoms. The summed E-state index contributed by atoms with van der Waals surface area (Å²) in [6, 6.07) is 5.90. The summed E-state index contributed by atoms with van der Waals surface area (Å²) in [5.41, 5.74) is -0.0294. The molecule has 3 unspecified atom stereocenters. The predicted molar refractivity (Wildman–Crippen MR) is 188 cm³/mol. The summed E-state index contributed by atoms with van der Waals surface area (Å²) in [5, 5.41) is 20.5. The van der Waals surface area contributed by atoms with E-state index in [9.17, 15) is 33.1 Å². The van der Waals surface area contributed by atoms with Crippen LogP contribution in [0.2, 0.25) is 0 Å². The number of carbonyl (C=O) groups is 2. The minimum Gasteiger partial charge on any atom is -0.469 e. The molecule has 4 fully saturated rings. The zero-order chi connectivity index (χ0) is 39.5. The van der Waals surface area contributed by atoms with Crippen LogP contribution >= 0.6 is 0 Å². The van der Waals surface area contributed by atoms with Gasteiger partial charge in [-0.2, -0.15) is 13.2 Å². The van der Waals surface area contributed by atoms with Gasteiger partial charge >= 0.3 is 18.1 Å². The van der Waals surface area contributed by atoms with Crippen LogP contribution in [0, 0.1) is 40.9 Å². The molecule has 0 spiro atoms. The molecule has 7 rings (SSSR count). The number of alkyl halides is 3. The fourth-order valence-electron chi connectivity index (χ4n) is 10.9. The lowest BCUT2D eigenvalue weighted by Crippen LogP contribution is -2.57. The van der Waals surface area contributed by atoms with Gasteiger partial charge in [-0.05, 0) is 107 Å². The minimum atomic E-state index is -4.92. The summed E-state index contributed by atoms with van der Waals surface area (Å²) >= 11 is 0. The molecule has 4 heterocycles. The van der Waals surface area contributed by atoms with E-state index in [1.165, 1.54) is 25.1 Å². The second-order valence-electron chi connectivity index (χ2n) is 16.8. The second-order valence-corrected chi connectivity index (χ2v) is 16.8. The number of carbonyl (C=O) groups excluding carboxylic acids is 2. The van der Waals surface area contributed by atoms with Crippen molar-refractivity contribution >= 4 is 11.9 Å². The molecular formula is C41H53F3O11. The summed E-state index contributed by atoms with van der Waals surface area (Å²) in [7, 11) is 0. The van der Waals surface area contributed by atoms with Crippen molar-refractivity contribution in [1.82, 2.24) is 0 Å². The first kappa shape index (κ1) is 40.0. The molecule has 0 amide bonds. The number of rotatable bonds is 8. The summed E-state index contributed by atoms with van der Waals surface area (Å²) in [6.45, 7) is 8.47. The van der Waals surface area contributed by atoms with Crippen molar-refractivity contribution in [3.05, 3.63) is 58.1 Å². The van der Waals surface area contributed by atoms with E-state index in [0.717, 1.165) is 37.7 Å². The van der Waals surface area contributed by atoms with Gasteiger partial charge in [0.15, 0.2) is 5.79 Å². The molecule has 304 valence electrons. The zero-order valence-corrected chi connectivity index (χ0v) is 32.1.